The van der Waals surface area contributed by atoms with Crippen molar-refractivity contribution in [3.05, 3.63) is 105 Å². The molecule has 2 aromatic carbocycles. The Labute approximate surface area is 189 Å². The number of nitrogens with one attached hydrogen (secondary N) is 1. The minimum Gasteiger partial charge on any atom is -0.467 e. The highest BCUT2D eigenvalue weighted by Crippen LogP contribution is 2.45. The summed E-state index contributed by atoms with van der Waals surface area (Å²) in [6.45, 7) is 2.03. The van der Waals surface area contributed by atoms with Crippen LogP contribution in [0.1, 0.15) is 23.1 Å². The average molecular weight is 438 g/mol. The van der Waals surface area contributed by atoms with Crippen LogP contribution in [-0.2, 0) is 14.1 Å². The van der Waals surface area contributed by atoms with E-state index < -0.39 is 0 Å². The maximum absolute atomic E-state index is 13.6. The van der Waals surface area contributed by atoms with Gasteiger partial charge in [0, 0.05) is 14.1 Å². The van der Waals surface area contributed by atoms with Gasteiger partial charge >= 0.3 is 5.69 Å². The lowest BCUT2D eigenvalue weighted by molar-refractivity contribution is 0.492. The number of hydrogen-bond donors (Lipinski definition) is 1. The summed E-state index contributed by atoms with van der Waals surface area (Å²) in [6.07, 6.45) is 1.63. The standard InChI is InChI=1S/C26H22N4O3/c1-15-8-6-9-16(14-15)22-20-23(28(2)26(32)29(3)25(20)31)24-21(19-12-7-13-33-19)27-17-10-4-5-11-18(17)30(22)24/h4-14,21,27H,1-3H3/t21-/m1/s1. The smallest absolute Gasteiger partial charge is 0.331 e. The van der Waals surface area contributed by atoms with Crippen molar-refractivity contribution < 1.29 is 4.42 Å². The van der Waals surface area contributed by atoms with E-state index in [1.165, 1.54) is 11.6 Å². The number of rotatable bonds is 2. The summed E-state index contributed by atoms with van der Waals surface area (Å²) in [5, 5.41) is 4.08. The highest BCUT2D eigenvalue weighted by molar-refractivity contribution is 5.99. The van der Waals surface area contributed by atoms with Gasteiger partial charge < -0.3 is 14.3 Å². The molecule has 0 unspecified atom stereocenters. The van der Waals surface area contributed by atoms with Gasteiger partial charge in [0.25, 0.3) is 5.56 Å². The normalized spacial score (nSPS) is 14.7. The number of furan rings is 1. The Morgan fingerprint density at radius 2 is 1.76 bits per heavy atom. The third-order valence-electron chi connectivity index (χ3n) is 6.45. The van der Waals surface area contributed by atoms with Gasteiger partial charge in [-0.3, -0.25) is 13.9 Å². The van der Waals surface area contributed by atoms with Crippen molar-refractivity contribution in [2.24, 2.45) is 14.1 Å². The second-order valence-corrected chi connectivity index (χ2v) is 8.48. The van der Waals surface area contributed by atoms with Crippen LogP contribution in [0, 0.1) is 6.92 Å². The molecule has 7 nitrogen and oxygen atoms in total. The number of para-hydroxylation sites is 2. The highest BCUT2D eigenvalue weighted by Gasteiger charge is 2.35. The summed E-state index contributed by atoms with van der Waals surface area (Å²) >= 11 is 0. The molecule has 6 rings (SSSR count). The molecular formula is C26H22N4O3. The molecule has 0 aliphatic carbocycles. The second-order valence-electron chi connectivity index (χ2n) is 8.48. The van der Waals surface area contributed by atoms with Gasteiger partial charge in [-0.05, 0) is 42.8 Å². The van der Waals surface area contributed by atoms with Crippen molar-refractivity contribution in [1.29, 1.82) is 0 Å². The van der Waals surface area contributed by atoms with E-state index in [2.05, 4.69) is 16.0 Å². The van der Waals surface area contributed by atoms with E-state index in [1.54, 1.807) is 17.9 Å². The molecule has 4 heterocycles. The topological polar surface area (TPSA) is 74.1 Å². The molecule has 0 fully saturated rings. The fourth-order valence-corrected chi connectivity index (χ4v) is 4.95. The van der Waals surface area contributed by atoms with Crippen LogP contribution >= 0.6 is 0 Å². The van der Waals surface area contributed by atoms with Crippen LogP contribution in [0.25, 0.3) is 27.8 Å². The van der Waals surface area contributed by atoms with Crippen molar-refractivity contribution in [1.82, 2.24) is 13.7 Å². The van der Waals surface area contributed by atoms with Crippen LogP contribution < -0.4 is 16.6 Å². The monoisotopic (exact) mass is 438 g/mol. The van der Waals surface area contributed by atoms with Crippen LogP contribution in [0.2, 0.25) is 0 Å². The zero-order chi connectivity index (χ0) is 22.9. The third-order valence-corrected chi connectivity index (χ3v) is 6.45. The van der Waals surface area contributed by atoms with Crippen LogP contribution in [0.4, 0.5) is 5.69 Å². The Morgan fingerprint density at radius 1 is 0.939 bits per heavy atom. The number of aromatic nitrogens is 3. The molecule has 5 aromatic rings. The fourth-order valence-electron chi connectivity index (χ4n) is 4.95. The molecular weight excluding hydrogens is 416 g/mol. The minimum absolute atomic E-state index is 0.317. The average Bonchev–Trinajstić information content (AvgIpc) is 3.48. The van der Waals surface area contributed by atoms with E-state index >= 15 is 0 Å². The Morgan fingerprint density at radius 3 is 2.52 bits per heavy atom. The predicted molar refractivity (Wildman–Crippen MR) is 128 cm³/mol. The molecule has 1 aliphatic heterocycles. The summed E-state index contributed by atoms with van der Waals surface area (Å²) in [5.41, 5.74) is 5.32. The molecule has 3 aromatic heterocycles. The Balaban J connectivity index is 1.90. The summed E-state index contributed by atoms with van der Waals surface area (Å²) in [5.74, 6) is 0.703. The van der Waals surface area contributed by atoms with Gasteiger partial charge in [0.15, 0.2) is 0 Å². The molecule has 7 heteroatoms. The Kier molecular flexibility index (Phi) is 4.04. The summed E-state index contributed by atoms with van der Waals surface area (Å²) in [4.78, 5) is 26.6. The van der Waals surface area contributed by atoms with Crippen LogP contribution in [0.3, 0.4) is 0 Å². The molecule has 0 saturated carbocycles. The number of aryl methyl sites for hydroxylation is 2. The molecule has 0 radical (unpaired) electrons. The number of anilines is 1. The van der Waals surface area contributed by atoms with Crippen molar-refractivity contribution in [2.45, 2.75) is 13.0 Å². The predicted octanol–water partition coefficient (Wildman–Crippen LogP) is 4.11. The van der Waals surface area contributed by atoms with Gasteiger partial charge in [-0.25, -0.2) is 4.79 Å². The van der Waals surface area contributed by atoms with Gasteiger partial charge in [0.1, 0.15) is 11.8 Å². The van der Waals surface area contributed by atoms with Gasteiger partial charge in [0.05, 0.1) is 39.9 Å². The summed E-state index contributed by atoms with van der Waals surface area (Å²) in [7, 11) is 3.24. The van der Waals surface area contributed by atoms with Crippen molar-refractivity contribution in [3.8, 4) is 16.9 Å². The van der Waals surface area contributed by atoms with Crippen LogP contribution in [-0.4, -0.2) is 13.7 Å². The molecule has 1 atom stereocenters. The molecule has 0 bridgehead atoms. The Bertz CT molecular complexity index is 1670. The first kappa shape index (κ1) is 19.4. The highest BCUT2D eigenvalue weighted by atomic mass is 16.3. The van der Waals surface area contributed by atoms with E-state index in [-0.39, 0.29) is 17.3 Å². The molecule has 0 amide bonds. The quantitative estimate of drug-likeness (QED) is 0.450. The van der Waals surface area contributed by atoms with Gasteiger partial charge in [0.2, 0.25) is 0 Å². The number of nitrogens with zero attached hydrogens (tertiary/aromatic N) is 3. The fraction of sp³-hybridized carbons (Fsp3) is 0.154. The van der Waals surface area contributed by atoms with E-state index in [1.807, 2.05) is 61.5 Å². The molecule has 164 valence electrons. The van der Waals surface area contributed by atoms with E-state index in [4.69, 9.17) is 4.42 Å². The molecule has 0 saturated heterocycles. The first-order valence-corrected chi connectivity index (χ1v) is 10.8. The summed E-state index contributed by atoms with van der Waals surface area (Å²) < 4.78 is 10.7. The van der Waals surface area contributed by atoms with E-state index in [0.29, 0.717) is 16.7 Å². The van der Waals surface area contributed by atoms with Gasteiger partial charge in [-0.1, -0.05) is 35.9 Å². The van der Waals surface area contributed by atoms with E-state index in [0.717, 1.165) is 33.9 Å². The zero-order valence-corrected chi connectivity index (χ0v) is 18.5. The number of fused-ring (bicyclic) bond motifs is 5. The second kappa shape index (κ2) is 6.87. The lowest BCUT2D eigenvalue weighted by Gasteiger charge is -2.29. The first-order chi connectivity index (χ1) is 16.0. The SMILES string of the molecule is Cc1cccc(-c2c3c(=O)n(C)c(=O)n(C)c3c3n2-c2ccccc2N[C@@H]3c2ccco2)c1. The maximum atomic E-state index is 13.6. The zero-order valence-electron chi connectivity index (χ0n) is 18.5. The molecule has 1 N–H and O–H groups in total. The molecule has 0 spiro atoms. The maximum Gasteiger partial charge on any atom is 0.331 e. The van der Waals surface area contributed by atoms with Gasteiger partial charge in [-0.2, -0.15) is 0 Å². The Hall–Kier alpha value is -4.26. The largest absolute Gasteiger partial charge is 0.467 e. The lowest BCUT2D eigenvalue weighted by Crippen LogP contribution is -2.37. The number of hydrogen-bond acceptors (Lipinski definition) is 4. The first-order valence-electron chi connectivity index (χ1n) is 10.8. The summed E-state index contributed by atoms with van der Waals surface area (Å²) in [6, 6.07) is 19.4. The van der Waals surface area contributed by atoms with Crippen LogP contribution in [0.15, 0.2) is 80.9 Å². The molecule has 33 heavy (non-hydrogen) atoms. The van der Waals surface area contributed by atoms with E-state index in [9.17, 15) is 9.59 Å². The lowest BCUT2D eigenvalue weighted by atomic mass is 10.1. The minimum atomic E-state index is -0.381. The van der Waals surface area contributed by atoms with Gasteiger partial charge in [-0.15, -0.1) is 0 Å². The third kappa shape index (κ3) is 2.62. The van der Waals surface area contributed by atoms with Crippen molar-refractivity contribution in [3.63, 3.8) is 0 Å². The number of benzene rings is 2. The van der Waals surface area contributed by atoms with Crippen molar-refractivity contribution in [2.75, 3.05) is 5.32 Å². The van der Waals surface area contributed by atoms with Crippen molar-refractivity contribution >= 4 is 16.6 Å². The van der Waals surface area contributed by atoms with Crippen LogP contribution in [0.5, 0.6) is 0 Å². The molecule has 1 aliphatic rings.